The van der Waals surface area contributed by atoms with Crippen LogP contribution in [0.15, 0.2) is 18.2 Å². The summed E-state index contributed by atoms with van der Waals surface area (Å²) in [5.41, 5.74) is 0.587. The van der Waals surface area contributed by atoms with E-state index in [0.29, 0.717) is 30.3 Å². The lowest BCUT2D eigenvalue weighted by Gasteiger charge is -2.22. The number of methoxy groups -OCH3 is 2. The van der Waals surface area contributed by atoms with Crippen molar-refractivity contribution in [2.75, 3.05) is 53.3 Å². The Bertz CT molecular complexity index is 546. The van der Waals surface area contributed by atoms with E-state index in [2.05, 4.69) is 5.32 Å². The zero-order chi connectivity index (χ0) is 17.4. The van der Waals surface area contributed by atoms with Gasteiger partial charge in [-0.3, -0.25) is 9.59 Å². The van der Waals surface area contributed by atoms with Crippen molar-refractivity contribution in [3.63, 3.8) is 0 Å². The number of carbonyl (C=O) groups is 2. The van der Waals surface area contributed by atoms with E-state index in [9.17, 15) is 9.59 Å². The SMILES string of the molecule is COc1ccc(NC(=O)CN(CCN(C)C)C(C)=O)cc1OC. The second-order valence-electron chi connectivity index (χ2n) is 5.36. The Hall–Kier alpha value is -2.28. The van der Waals surface area contributed by atoms with Gasteiger partial charge in [-0.2, -0.15) is 0 Å². The summed E-state index contributed by atoms with van der Waals surface area (Å²) in [5, 5.41) is 2.76. The molecule has 0 aliphatic carbocycles. The summed E-state index contributed by atoms with van der Waals surface area (Å²) in [6.45, 7) is 2.67. The molecule has 0 bridgehead atoms. The molecule has 0 unspecified atom stereocenters. The average molecular weight is 323 g/mol. The summed E-state index contributed by atoms with van der Waals surface area (Å²) in [4.78, 5) is 27.2. The zero-order valence-electron chi connectivity index (χ0n) is 14.4. The van der Waals surface area contributed by atoms with Crippen LogP contribution < -0.4 is 14.8 Å². The lowest BCUT2D eigenvalue weighted by Crippen LogP contribution is -2.40. The molecule has 0 radical (unpaired) electrons. The van der Waals surface area contributed by atoms with Crippen LogP contribution in [-0.4, -0.2) is 69.6 Å². The molecule has 0 aliphatic heterocycles. The predicted molar refractivity (Wildman–Crippen MR) is 89.0 cm³/mol. The first-order valence-electron chi connectivity index (χ1n) is 7.29. The molecule has 0 saturated heterocycles. The van der Waals surface area contributed by atoms with Crippen LogP contribution in [0.2, 0.25) is 0 Å². The molecule has 0 spiro atoms. The maximum atomic E-state index is 12.1. The molecule has 0 aliphatic rings. The topological polar surface area (TPSA) is 71.1 Å². The summed E-state index contributed by atoms with van der Waals surface area (Å²) in [5.74, 6) is 0.726. The van der Waals surface area contributed by atoms with Crippen LogP contribution in [0.1, 0.15) is 6.92 Å². The molecule has 1 aromatic rings. The van der Waals surface area contributed by atoms with Gasteiger partial charge in [0, 0.05) is 31.8 Å². The molecule has 0 saturated carbocycles. The van der Waals surface area contributed by atoms with Crippen LogP contribution in [-0.2, 0) is 9.59 Å². The van der Waals surface area contributed by atoms with Crippen LogP contribution in [0.25, 0.3) is 0 Å². The van der Waals surface area contributed by atoms with E-state index in [4.69, 9.17) is 9.47 Å². The van der Waals surface area contributed by atoms with Crippen LogP contribution in [0.5, 0.6) is 11.5 Å². The fourth-order valence-corrected chi connectivity index (χ4v) is 1.96. The quantitative estimate of drug-likeness (QED) is 0.774. The van der Waals surface area contributed by atoms with Gasteiger partial charge in [0.2, 0.25) is 11.8 Å². The minimum absolute atomic E-state index is 0.0114. The van der Waals surface area contributed by atoms with Crippen LogP contribution in [0, 0.1) is 0 Å². The number of nitrogens with zero attached hydrogens (tertiary/aromatic N) is 2. The molecule has 0 heterocycles. The van der Waals surface area contributed by atoms with E-state index in [1.165, 1.54) is 18.9 Å². The normalized spacial score (nSPS) is 10.3. The monoisotopic (exact) mass is 323 g/mol. The smallest absolute Gasteiger partial charge is 0.243 e. The first-order chi connectivity index (χ1) is 10.9. The minimum Gasteiger partial charge on any atom is -0.493 e. The van der Waals surface area contributed by atoms with E-state index >= 15 is 0 Å². The van der Waals surface area contributed by atoms with E-state index in [1.54, 1.807) is 25.3 Å². The zero-order valence-corrected chi connectivity index (χ0v) is 14.4. The molecular formula is C16H25N3O4. The van der Waals surface area contributed by atoms with Crippen molar-refractivity contribution >= 4 is 17.5 Å². The number of hydrogen-bond acceptors (Lipinski definition) is 5. The Labute approximate surface area is 137 Å². The molecule has 1 aromatic carbocycles. The Kier molecular flexibility index (Phi) is 7.34. The standard InChI is InChI=1S/C16H25N3O4/c1-12(20)19(9-8-18(2)3)11-16(21)17-13-6-7-14(22-4)15(10-13)23-5/h6-7,10H,8-9,11H2,1-5H3,(H,17,21). The van der Waals surface area contributed by atoms with Crippen molar-refractivity contribution < 1.29 is 19.1 Å². The van der Waals surface area contributed by atoms with Crippen molar-refractivity contribution in [3.05, 3.63) is 18.2 Å². The number of anilines is 1. The third-order valence-corrected chi connectivity index (χ3v) is 3.26. The lowest BCUT2D eigenvalue weighted by atomic mass is 10.2. The highest BCUT2D eigenvalue weighted by molar-refractivity contribution is 5.94. The van der Waals surface area contributed by atoms with Gasteiger partial charge in [0.05, 0.1) is 20.8 Å². The van der Waals surface area contributed by atoms with Gasteiger partial charge >= 0.3 is 0 Å². The third kappa shape index (κ3) is 6.15. The fraction of sp³-hybridized carbons (Fsp3) is 0.500. The summed E-state index contributed by atoms with van der Waals surface area (Å²) >= 11 is 0. The number of hydrogen-bond donors (Lipinski definition) is 1. The van der Waals surface area contributed by atoms with Crippen molar-refractivity contribution in [3.8, 4) is 11.5 Å². The number of likely N-dealkylation sites (N-methyl/N-ethyl adjacent to an activating group) is 1. The highest BCUT2D eigenvalue weighted by Crippen LogP contribution is 2.29. The van der Waals surface area contributed by atoms with Gasteiger partial charge < -0.3 is 24.6 Å². The van der Waals surface area contributed by atoms with Gasteiger partial charge in [-0.25, -0.2) is 0 Å². The number of ether oxygens (including phenoxy) is 2. The predicted octanol–water partition coefficient (Wildman–Crippen LogP) is 1.05. The van der Waals surface area contributed by atoms with Crippen LogP contribution >= 0.6 is 0 Å². The number of carbonyl (C=O) groups excluding carboxylic acids is 2. The first-order valence-corrected chi connectivity index (χ1v) is 7.29. The summed E-state index contributed by atoms with van der Waals surface area (Å²) in [6, 6.07) is 5.11. The fourth-order valence-electron chi connectivity index (χ4n) is 1.96. The highest BCUT2D eigenvalue weighted by Gasteiger charge is 2.14. The number of amides is 2. The number of benzene rings is 1. The molecule has 0 aromatic heterocycles. The van der Waals surface area contributed by atoms with Gasteiger partial charge in [0.25, 0.3) is 0 Å². The lowest BCUT2D eigenvalue weighted by molar-refractivity contribution is -0.132. The van der Waals surface area contributed by atoms with Gasteiger partial charge in [-0.1, -0.05) is 0 Å². The minimum atomic E-state index is -0.258. The van der Waals surface area contributed by atoms with Crippen molar-refractivity contribution in [2.24, 2.45) is 0 Å². The maximum Gasteiger partial charge on any atom is 0.243 e. The van der Waals surface area contributed by atoms with Crippen molar-refractivity contribution in [2.45, 2.75) is 6.92 Å². The second-order valence-corrected chi connectivity index (χ2v) is 5.36. The second kappa shape index (κ2) is 8.99. The molecule has 1 rings (SSSR count). The Balaban J connectivity index is 2.69. The maximum absolute atomic E-state index is 12.1. The van der Waals surface area contributed by atoms with Crippen molar-refractivity contribution in [1.29, 1.82) is 0 Å². The molecule has 128 valence electrons. The third-order valence-electron chi connectivity index (χ3n) is 3.26. The van der Waals surface area contributed by atoms with Gasteiger partial charge in [0.15, 0.2) is 11.5 Å². The van der Waals surface area contributed by atoms with E-state index < -0.39 is 0 Å². The van der Waals surface area contributed by atoms with Crippen LogP contribution in [0.3, 0.4) is 0 Å². The first kappa shape index (κ1) is 18.8. The van der Waals surface area contributed by atoms with Gasteiger partial charge in [0.1, 0.15) is 0 Å². The van der Waals surface area contributed by atoms with Gasteiger partial charge in [-0.05, 0) is 26.2 Å². The molecule has 7 heteroatoms. The molecule has 0 atom stereocenters. The van der Waals surface area contributed by atoms with E-state index in [0.717, 1.165) is 0 Å². The van der Waals surface area contributed by atoms with E-state index in [-0.39, 0.29) is 18.4 Å². The Morgan fingerprint density at radius 3 is 2.26 bits per heavy atom. The summed E-state index contributed by atoms with van der Waals surface area (Å²) in [6.07, 6.45) is 0. The largest absolute Gasteiger partial charge is 0.493 e. The summed E-state index contributed by atoms with van der Waals surface area (Å²) < 4.78 is 10.3. The Morgan fingerprint density at radius 1 is 1.09 bits per heavy atom. The molecule has 2 amide bonds. The molecule has 23 heavy (non-hydrogen) atoms. The highest BCUT2D eigenvalue weighted by atomic mass is 16.5. The molecule has 7 nitrogen and oxygen atoms in total. The number of nitrogens with one attached hydrogen (secondary N) is 1. The Morgan fingerprint density at radius 2 is 1.74 bits per heavy atom. The molecule has 0 fully saturated rings. The molecule has 1 N–H and O–H groups in total. The molecular weight excluding hydrogens is 298 g/mol. The summed E-state index contributed by atoms with van der Waals surface area (Å²) in [7, 11) is 6.91. The van der Waals surface area contributed by atoms with Gasteiger partial charge in [-0.15, -0.1) is 0 Å². The van der Waals surface area contributed by atoms with Crippen LogP contribution in [0.4, 0.5) is 5.69 Å². The van der Waals surface area contributed by atoms with E-state index in [1.807, 2.05) is 19.0 Å². The number of rotatable bonds is 8. The average Bonchev–Trinajstić information content (AvgIpc) is 2.50. The van der Waals surface area contributed by atoms with Crippen molar-refractivity contribution in [1.82, 2.24) is 9.80 Å².